The van der Waals surface area contributed by atoms with Crippen LogP contribution in [0.15, 0.2) is 27.5 Å². The molecule has 0 aliphatic carbocycles. The average Bonchev–Trinajstić information content (AvgIpc) is 2.95. The number of rotatable bonds is 1. The Morgan fingerprint density at radius 1 is 1.28 bits per heavy atom. The fraction of sp³-hybridized carbons (Fsp3) is 0.133. The predicted molar refractivity (Wildman–Crippen MR) is 82.4 cm³/mol. The molecule has 0 aliphatic rings. The fourth-order valence-electron chi connectivity index (χ4n) is 1.39. The SMILES string of the molecule is C#Cc1csc2c(C#C/C(C)=C/N=C\C)csc12. The molecule has 88 valence electrons. The van der Waals surface area contributed by atoms with E-state index < -0.39 is 0 Å². The van der Waals surface area contributed by atoms with Gasteiger partial charge in [-0.3, -0.25) is 4.99 Å². The molecule has 0 saturated heterocycles. The van der Waals surface area contributed by atoms with Crippen LogP contribution in [0.1, 0.15) is 25.0 Å². The maximum absolute atomic E-state index is 5.45. The molecule has 0 N–H and O–H groups in total. The molecule has 0 atom stereocenters. The van der Waals surface area contributed by atoms with E-state index in [1.54, 1.807) is 35.1 Å². The highest BCUT2D eigenvalue weighted by atomic mass is 32.1. The van der Waals surface area contributed by atoms with Gasteiger partial charge in [-0.1, -0.05) is 17.8 Å². The van der Waals surface area contributed by atoms with Gasteiger partial charge in [0.15, 0.2) is 0 Å². The molecule has 2 heterocycles. The van der Waals surface area contributed by atoms with Gasteiger partial charge in [-0.15, -0.1) is 29.1 Å². The highest BCUT2D eigenvalue weighted by Crippen LogP contribution is 2.33. The van der Waals surface area contributed by atoms with E-state index in [9.17, 15) is 0 Å². The highest BCUT2D eigenvalue weighted by molar-refractivity contribution is 7.26. The van der Waals surface area contributed by atoms with Crippen LogP contribution in [0.4, 0.5) is 0 Å². The summed E-state index contributed by atoms with van der Waals surface area (Å²) in [5, 5.41) is 4.07. The van der Waals surface area contributed by atoms with Crippen LogP contribution in [0, 0.1) is 24.2 Å². The Bertz CT molecular complexity index is 724. The second kappa shape index (κ2) is 5.69. The third kappa shape index (κ3) is 2.54. The molecule has 2 aromatic heterocycles. The number of hydrogen-bond acceptors (Lipinski definition) is 3. The number of hydrogen-bond donors (Lipinski definition) is 0. The van der Waals surface area contributed by atoms with Gasteiger partial charge < -0.3 is 0 Å². The minimum atomic E-state index is 0.946. The van der Waals surface area contributed by atoms with E-state index in [0.717, 1.165) is 16.7 Å². The van der Waals surface area contributed by atoms with Gasteiger partial charge in [0.1, 0.15) is 0 Å². The summed E-state index contributed by atoms with van der Waals surface area (Å²) in [4.78, 5) is 4.04. The summed E-state index contributed by atoms with van der Waals surface area (Å²) >= 11 is 3.32. The molecule has 0 aromatic carbocycles. The molecule has 0 radical (unpaired) electrons. The van der Waals surface area contributed by atoms with Gasteiger partial charge in [0.05, 0.1) is 20.5 Å². The smallest absolute Gasteiger partial charge is 0.0620 e. The van der Waals surface area contributed by atoms with Gasteiger partial charge in [-0.05, 0) is 13.8 Å². The third-order valence-electron chi connectivity index (χ3n) is 2.25. The van der Waals surface area contributed by atoms with Crippen LogP contribution in [0.25, 0.3) is 9.40 Å². The largest absolute Gasteiger partial charge is 0.268 e. The lowest BCUT2D eigenvalue weighted by Crippen LogP contribution is -1.70. The Balaban J connectivity index is 2.37. The number of aliphatic imine (C=N–C) groups is 1. The van der Waals surface area contributed by atoms with Gasteiger partial charge in [-0.2, -0.15) is 0 Å². The van der Waals surface area contributed by atoms with Gasteiger partial charge in [0.25, 0.3) is 0 Å². The summed E-state index contributed by atoms with van der Waals surface area (Å²) in [6.45, 7) is 3.83. The maximum atomic E-state index is 5.45. The van der Waals surface area contributed by atoms with Gasteiger partial charge in [0, 0.05) is 28.7 Å². The predicted octanol–water partition coefficient (Wildman–Crippen LogP) is 4.29. The van der Waals surface area contributed by atoms with Crippen LogP contribution in [0.3, 0.4) is 0 Å². The lowest BCUT2D eigenvalue weighted by atomic mass is 10.2. The average molecular weight is 269 g/mol. The first-order valence-corrected chi connectivity index (χ1v) is 7.14. The van der Waals surface area contributed by atoms with Gasteiger partial charge in [-0.25, -0.2) is 0 Å². The number of nitrogens with zero attached hydrogens (tertiary/aromatic N) is 1. The molecule has 3 heteroatoms. The molecule has 2 rings (SSSR count). The minimum Gasteiger partial charge on any atom is -0.268 e. The molecule has 0 bridgehead atoms. The van der Waals surface area contributed by atoms with Crippen molar-refractivity contribution >= 4 is 38.3 Å². The lowest BCUT2D eigenvalue weighted by molar-refractivity contribution is 1.46. The number of allylic oxidation sites excluding steroid dienone is 1. The number of terminal acetylenes is 1. The van der Waals surface area contributed by atoms with Crippen LogP contribution >= 0.6 is 22.7 Å². The Kier molecular flexibility index (Phi) is 3.99. The van der Waals surface area contributed by atoms with Crippen molar-refractivity contribution in [3.05, 3.63) is 33.7 Å². The summed E-state index contributed by atoms with van der Waals surface area (Å²) in [6.07, 6.45) is 8.95. The van der Waals surface area contributed by atoms with Crippen LogP contribution in [-0.4, -0.2) is 6.21 Å². The van der Waals surface area contributed by atoms with Crippen molar-refractivity contribution in [2.24, 2.45) is 4.99 Å². The first-order valence-electron chi connectivity index (χ1n) is 5.38. The molecule has 0 fully saturated rings. The van der Waals surface area contributed by atoms with E-state index in [0.29, 0.717) is 0 Å². The summed E-state index contributed by atoms with van der Waals surface area (Å²) in [7, 11) is 0. The molecule has 0 saturated carbocycles. The van der Waals surface area contributed by atoms with Crippen molar-refractivity contribution in [3.8, 4) is 24.2 Å². The van der Waals surface area contributed by atoms with Gasteiger partial charge in [0.2, 0.25) is 0 Å². The van der Waals surface area contributed by atoms with Crippen LogP contribution in [-0.2, 0) is 0 Å². The normalized spacial score (nSPS) is 11.5. The first kappa shape index (κ1) is 12.6. The van der Waals surface area contributed by atoms with E-state index in [1.807, 2.05) is 19.2 Å². The van der Waals surface area contributed by atoms with Gasteiger partial charge >= 0.3 is 0 Å². The Labute approximate surface area is 115 Å². The zero-order valence-corrected chi connectivity index (χ0v) is 11.8. The van der Waals surface area contributed by atoms with E-state index in [-0.39, 0.29) is 0 Å². The van der Waals surface area contributed by atoms with E-state index >= 15 is 0 Å². The third-order valence-corrected chi connectivity index (χ3v) is 4.41. The van der Waals surface area contributed by atoms with Crippen molar-refractivity contribution in [3.63, 3.8) is 0 Å². The number of fused-ring (bicyclic) bond motifs is 1. The van der Waals surface area contributed by atoms with Crippen molar-refractivity contribution < 1.29 is 0 Å². The second-order valence-electron chi connectivity index (χ2n) is 3.57. The first-order chi connectivity index (χ1) is 8.76. The monoisotopic (exact) mass is 269 g/mol. The molecule has 2 aromatic rings. The van der Waals surface area contributed by atoms with Crippen molar-refractivity contribution in [2.75, 3.05) is 0 Å². The molecule has 0 aliphatic heterocycles. The second-order valence-corrected chi connectivity index (χ2v) is 5.33. The van der Waals surface area contributed by atoms with E-state index in [4.69, 9.17) is 6.42 Å². The van der Waals surface area contributed by atoms with Crippen molar-refractivity contribution in [1.29, 1.82) is 0 Å². The molecule has 0 amide bonds. The zero-order valence-electron chi connectivity index (χ0n) is 10.2. The van der Waals surface area contributed by atoms with E-state index in [1.165, 1.54) is 9.40 Å². The summed E-state index contributed by atoms with van der Waals surface area (Å²) in [5.41, 5.74) is 2.96. The lowest BCUT2D eigenvalue weighted by Gasteiger charge is -1.83. The standard InChI is InChI=1S/C15H11NS2/c1-4-12-9-17-15-13(10-18-14(12)15)7-6-11(3)8-16-5-2/h1,5,8-10H,2-3H3/b11-8+,16-5-. The quantitative estimate of drug-likeness (QED) is 0.541. The molecular weight excluding hydrogens is 258 g/mol. The molecule has 1 nitrogen and oxygen atoms in total. The molecule has 0 spiro atoms. The fourth-order valence-corrected chi connectivity index (χ4v) is 3.58. The molecule has 0 unspecified atom stereocenters. The van der Waals surface area contributed by atoms with Crippen molar-refractivity contribution in [1.82, 2.24) is 0 Å². The summed E-state index contributed by atoms with van der Waals surface area (Å²) < 4.78 is 2.35. The van der Waals surface area contributed by atoms with Crippen LogP contribution in [0.5, 0.6) is 0 Å². The summed E-state index contributed by atoms with van der Waals surface area (Å²) in [5.74, 6) is 8.97. The number of thiophene rings is 2. The molecule has 18 heavy (non-hydrogen) atoms. The Morgan fingerprint density at radius 3 is 2.61 bits per heavy atom. The maximum Gasteiger partial charge on any atom is 0.0620 e. The van der Waals surface area contributed by atoms with Crippen LogP contribution < -0.4 is 0 Å². The van der Waals surface area contributed by atoms with Crippen LogP contribution in [0.2, 0.25) is 0 Å². The topological polar surface area (TPSA) is 12.4 Å². The zero-order chi connectivity index (χ0) is 13.0. The minimum absolute atomic E-state index is 0.946. The highest BCUT2D eigenvalue weighted by Gasteiger charge is 2.07. The Morgan fingerprint density at radius 2 is 1.94 bits per heavy atom. The Hall–Kier alpha value is -1.81. The van der Waals surface area contributed by atoms with Crippen molar-refractivity contribution in [2.45, 2.75) is 13.8 Å². The van der Waals surface area contributed by atoms with E-state index in [2.05, 4.69) is 28.1 Å². The molecular formula is C15H11NS2. The summed E-state index contributed by atoms with van der Waals surface area (Å²) in [6, 6.07) is 0.